The number of hydrogen-bond acceptors (Lipinski definition) is 4. The number of aliphatic hydroxyl groups is 1. The summed E-state index contributed by atoms with van der Waals surface area (Å²) >= 11 is 0. The number of benzene rings is 1. The van der Waals surface area contributed by atoms with Crippen molar-refractivity contribution in [3.8, 4) is 11.5 Å². The van der Waals surface area contributed by atoms with Crippen molar-refractivity contribution in [2.75, 3.05) is 13.6 Å². The molecule has 3 rings (SSSR count). The van der Waals surface area contributed by atoms with Crippen LogP contribution >= 0.6 is 0 Å². The van der Waals surface area contributed by atoms with E-state index in [2.05, 4.69) is 16.0 Å². The largest absolute Gasteiger partial charge is 0.455 e. The van der Waals surface area contributed by atoms with Gasteiger partial charge in [0.05, 0.1) is 12.3 Å². The average molecular weight is 298 g/mol. The first-order valence-electron chi connectivity index (χ1n) is 7.75. The molecular formula is C18H22N2O2. The summed E-state index contributed by atoms with van der Waals surface area (Å²) in [6, 6.07) is 11.8. The van der Waals surface area contributed by atoms with E-state index in [0.717, 1.165) is 36.4 Å². The number of likely N-dealkylation sites (N-methyl/N-ethyl adjacent to an activating group) is 1. The Morgan fingerprint density at radius 2 is 2.09 bits per heavy atom. The van der Waals surface area contributed by atoms with Crippen molar-refractivity contribution in [1.29, 1.82) is 0 Å². The minimum Gasteiger partial charge on any atom is -0.455 e. The molecule has 1 fully saturated rings. The summed E-state index contributed by atoms with van der Waals surface area (Å²) in [6.45, 7) is 1.45. The molecule has 1 aromatic heterocycles. The van der Waals surface area contributed by atoms with Crippen molar-refractivity contribution in [2.45, 2.75) is 25.5 Å². The minimum atomic E-state index is -0.212. The molecule has 1 aliphatic rings. The third-order valence-corrected chi connectivity index (χ3v) is 3.94. The Morgan fingerprint density at radius 3 is 2.82 bits per heavy atom. The molecule has 4 heteroatoms. The second kappa shape index (κ2) is 6.90. The summed E-state index contributed by atoms with van der Waals surface area (Å²) in [5, 5.41) is 10.1. The predicted octanol–water partition coefficient (Wildman–Crippen LogP) is 3.08. The molecule has 1 aromatic carbocycles. The summed E-state index contributed by atoms with van der Waals surface area (Å²) in [4.78, 5) is 6.22. The lowest BCUT2D eigenvalue weighted by Gasteiger charge is -2.21. The van der Waals surface area contributed by atoms with Crippen LogP contribution in [0.25, 0.3) is 0 Å². The Kier molecular flexibility index (Phi) is 4.71. The van der Waals surface area contributed by atoms with Crippen LogP contribution in [0.3, 0.4) is 0 Å². The molecule has 1 heterocycles. The molecule has 0 saturated heterocycles. The highest BCUT2D eigenvalue weighted by atomic mass is 16.5. The van der Waals surface area contributed by atoms with E-state index in [4.69, 9.17) is 4.74 Å². The molecule has 0 radical (unpaired) electrons. The van der Waals surface area contributed by atoms with E-state index in [-0.39, 0.29) is 6.10 Å². The zero-order valence-corrected chi connectivity index (χ0v) is 12.9. The van der Waals surface area contributed by atoms with Crippen molar-refractivity contribution in [3.05, 3.63) is 54.4 Å². The Labute approximate surface area is 131 Å². The molecular weight excluding hydrogens is 276 g/mol. The average Bonchev–Trinajstić information content (AvgIpc) is 3.35. The number of aromatic nitrogens is 1. The van der Waals surface area contributed by atoms with Crippen LogP contribution in [0, 0.1) is 5.92 Å². The van der Waals surface area contributed by atoms with Gasteiger partial charge in [0.2, 0.25) is 0 Å². The van der Waals surface area contributed by atoms with Gasteiger partial charge in [-0.15, -0.1) is 0 Å². The van der Waals surface area contributed by atoms with Crippen molar-refractivity contribution in [2.24, 2.45) is 5.92 Å². The maximum Gasteiger partial charge on any atom is 0.145 e. The van der Waals surface area contributed by atoms with Gasteiger partial charge in [-0.25, -0.2) is 0 Å². The van der Waals surface area contributed by atoms with Gasteiger partial charge in [-0.3, -0.25) is 9.88 Å². The highest BCUT2D eigenvalue weighted by Crippen LogP contribution is 2.33. The van der Waals surface area contributed by atoms with Gasteiger partial charge in [0.15, 0.2) is 0 Å². The SMILES string of the molecule is CN(Cc1ccccc1Oc1cccnc1)CC(O)C1CC1. The Hall–Kier alpha value is -1.91. The van der Waals surface area contributed by atoms with E-state index in [9.17, 15) is 5.11 Å². The monoisotopic (exact) mass is 298 g/mol. The second-order valence-electron chi connectivity index (χ2n) is 6.00. The second-order valence-corrected chi connectivity index (χ2v) is 6.00. The van der Waals surface area contributed by atoms with Gasteiger partial charge in [0, 0.05) is 24.8 Å². The van der Waals surface area contributed by atoms with Crippen LogP contribution in [-0.4, -0.2) is 34.7 Å². The predicted molar refractivity (Wildman–Crippen MR) is 85.8 cm³/mol. The van der Waals surface area contributed by atoms with Crippen molar-refractivity contribution >= 4 is 0 Å². The van der Waals surface area contributed by atoms with Crippen molar-refractivity contribution < 1.29 is 9.84 Å². The van der Waals surface area contributed by atoms with Crippen molar-refractivity contribution in [1.82, 2.24) is 9.88 Å². The normalized spacial score (nSPS) is 15.8. The number of para-hydroxylation sites is 1. The molecule has 1 atom stereocenters. The molecule has 1 N–H and O–H groups in total. The lowest BCUT2D eigenvalue weighted by molar-refractivity contribution is 0.104. The highest BCUT2D eigenvalue weighted by Gasteiger charge is 2.30. The number of nitrogens with zero attached hydrogens (tertiary/aromatic N) is 2. The van der Waals surface area contributed by atoms with Gasteiger partial charge >= 0.3 is 0 Å². The van der Waals surface area contributed by atoms with Crippen LogP contribution in [0.5, 0.6) is 11.5 Å². The molecule has 116 valence electrons. The minimum absolute atomic E-state index is 0.212. The maximum atomic E-state index is 10.1. The molecule has 0 bridgehead atoms. The van der Waals surface area contributed by atoms with E-state index < -0.39 is 0 Å². The van der Waals surface area contributed by atoms with Gasteiger partial charge in [0.1, 0.15) is 11.5 Å². The summed E-state index contributed by atoms with van der Waals surface area (Å²) in [5.41, 5.74) is 1.11. The summed E-state index contributed by atoms with van der Waals surface area (Å²) < 4.78 is 5.92. The summed E-state index contributed by atoms with van der Waals surface area (Å²) in [6.07, 6.45) is 5.55. The molecule has 0 aliphatic heterocycles. The Balaban J connectivity index is 1.65. The quantitative estimate of drug-likeness (QED) is 0.853. The number of ether oxygens (including phenoxy) is 1. The zero-order chi connectivity index (χ0) is 15.4. The van der Waals surface area contributed by atoms with Crippen LogP contribution in [-0.2, 0) is 6.54 Å². The maximum absolute atomic E-state index is 10.1. The van der Waals surface area contributed by atoms with Crippen molar-refractivity contribution in [3.63, 3.8) is 0 Å². The van der Waals surface area contributed by atoms with E-state index in [1.807, 2.05) is 37.4 Å². The summed E-state index contributed by atoms with van der Waals surface area (Å²) in [5.74, 6) is 2.07. The number of pyridine rings is 1. The van der Waals surface area contributed by atoms with Gasteiger partial charge in [0.25, 0.3) is 0 Å². The van der Waals surface area contributed by atoms with Crippen LogP contribution in [0.4, 0.5) is 0 Å². The highest BCUT2D eigenvalue weighted by molar-refractivity contribution is 5.37. The lowest BCUT2D eigenvalue weighted by Crippen LogP contribution is -2.30. The van der Waals surface area contributed by atoms with E-state index in [1.54, 1.807) is 12.4 Å². The van der Waals surface area contributed by atoms with E-state index in [0.29, 0.717) is 12.5 Å². The topological polar surface area (TPSA) is 45.6 Å². The summed E-state index contributed by atoms with van der Waals surface area (Å²) in [7, 11) is 2.03. The molecule has 0 amide bonds. The molecule has 1 unspecified atom stereocenters. The first-order valence-corrected chi connectivity index (χ1v) is 7.75. The molecule has 1 aliphatic carbocycles. The molecule has 2 aromatic rings. The smallest absolute Gasteiger partial charge is 0.145 e. The molecule has 22 heavy (non-hydrogen) atoms. The fraction of sp³-hybridized carbons (Fsp3) is 0.389. The van der Waals surface area contributed by atoms with Crippen LogP contribution in [0.1, 0.15) is 18.4 Å². The fourth-order valence-corrected chi connectivity index (χ4v) is 2.57. The zero-order valence-electron chi connectivity index (χ0n) is 12.9. The van der Waals surface area contributed by atoms with Crippen LogP contribution < -0.4 is 4.74 Å². The van der Waals surface area contributed by atoms with E-state index in [1.165, 1.54) is 0 Å². The standard InChI is InChI=1S/C18H22N2O2/c1-20(13-17(21)14-8-9-14)12-15-5-2-3-7-18(15)22-16-6-4-10-19-11-16/h2-7,10-11,14,17,21H,8-9,12-13H2,1H3. The van der Waals surface area contributed by atoms with E-state index >= 15 is 0 Å². The number of hydrogen-bond donors (Lipinski definition) is 1. The Morgan fingerprint density at radius 1 is 1.27 bits per heavy atom. The van der Waals surface area contributed by atoms with Gasteiger partial charge in [-0.05, 0) is 44.0 Å². The van der Waals surface area contributed by atoms with Crippen LogP contribution in [0.2, 0.25) is 0 Å². The lowest BCUT2D eigenvalue weighted by atomic mass is 10.1. The molecule has 1 saturated carbocycles. The van der Waals surface area contributed by atoms with Gasteiger partial charge in [-0.2, -0.15) is 0 Å². The Bertz CT molecular complexity index is 599. The van der Waals surface area contributed by atoms with Crippen LogP contribution in [0.15, 0.2) is 48.8 Å². The number of rotatable bonds is 7. The third-order valence-electron chi connectivity index (χ3n) is 3.94. The fourth-order valence-electron chi connectivity index (χ4n) is 2.57. The van der Waals surface area contributed by atoms with Gasteiger partial charge in [-0.1, -0.05) is 18.2 Å². The van der Waals surface area contributed by atoms with Gasteiger partial charge < -0.3 is 9.84 Å². The first-order chi connectivity index (χ1) is 10.7. The molecule has 0 spiro atoms. The first kappa shape index (κ1) is 15.0. The third kappa shape index (κ3) is 4.06. The molecule has 4 nitrogen and oxygen atoms in total. The number of aliphatic hydroxyl groups excluding tert-OH is 1.